The summed E-state index contributed by atoms with van der Waals surface area (Å²) in [6.45, 7) is -1.06. The highest BCUT2D eigenvalue weighted by Crippen LogP contribution is 2.42. The third-order valence-electron chi connectivity index (χ3n) is 3.43. The van der Waals surface area contributed by atoms with Crippen LogP contribution in [-0.4, -0.2) is 21.9 Å². The standard InChI is InChI=1S/C13H13F4N3/c14-12(15)13(16,17)6-20-10-4-3-8(18)5-9(10)19-11(20)7-1-2-7/h3-5,7,12H,1-2,6,18H2. The summed E-state index contributed by atoms with van der Waals surface area (Å²) in [6, 6.07) is 4.67. The lowest BCUT2D eigenvalue weighted by Gasteiger charge is -2.18. The van der Waals surface area contributed by atoms with Crippen molar-refractivity contribution in [2.45, 2.75) is 37.7 Å². The maximum absolute atomic E-state index is 13.4. The van der Waals surface area contributed by atoms with Crippen molar-refractivity contribution in [1.82, 2.24) is 9.55 Å². The van der Waals surface area contributed by atoms with Crippen molar-refractivity contribution in [2.75, 3.05) is 5.73 Å². The minimum atomic E-state index is -4.07. The number of halogens is 4. The molecule has 1 aromatic heterocycles. The normalized spacial score (nSPS) is 16.2. The highest BCUT2D eigenvalue weighted by atomic mass is 19.3. The Morgan fingerprint density at radius 2 is 2.05 bits per heavy atom. The van der Waals surface area contributed by atoms with E-state index in [1.165, 1.54) is 4.57 Å². The monoisotopic (exact) mass is 287 g/mol. The molecule has 0 atom stereocenters. The van der Waals surface area contributed by atoms with Crippen LogP contribution in [0.5, 0.6) is 0 Å². The Morgan fingerprint density at radius 3 is 2.65 bits per heavy atom. The molecule has 0 bridgehead atoms. The third kappa shape index (κ3) is 2.21. The Morgan fingerprint density at radius 1 is 1.35 bits per heavy atom. The molecule has 0 aliphatic heterocycles. The van der Waals surface area contributed by atoms with Crippen LogP contribution < -0.4 is 5.73 Å². The summed E-state index contributed by atoms with van der Waals surface area (Å²) in [5, 5.41) is 0. The molecule has 108 valence electrons. The largest absolute Gasteiger partial charge is 0.399 e. The number of hydrogen-bond donors (Lipinski definition) is 1. The van der Waals surface area contributed by atoms with Crippen LogP contribution in [-0.2, 0) is 6.54 Å². The van der Waals surface area contributed by atoms with Crippen molar-refractivity contribution in [3.05, 3.63) is 24.0 Å². The van der Waals surface area contributed by atoms with Crippen LogP contribution in [0.15, 0.2) is 18.2 Å². The molecular formula is C13H13F4N3. The second-order valence-electron chi connectivity index (χ2n) is 5.14. The van der Waals surface area contributed by atoms with E-state index in [9.17, 15) is 17.6 Å². The first-order chi connectivity index (χ1) is 9.38. The smallest absolute Gasteiger partial charge is 0.324 e. The second kappa shape index (κ2) is 4.36. The highest BCUT2D eigenvalue weighted by Gasteiger charge is 2.43. The summed E-state index contributed by atoms with van der Waals surface area (Å²) in [5.41, 5.74) is 6.98. The maximum atomic E-state index is 13.4. The molecule has 7 heteroatoms. The first kappa shape index (κ1) is 13.2. The first-order valence-corrected chi connectivity index (χ1v) is 6.30. The molecule has 2 N–H and O–H groups in total. The van der Waals surface area contributed by atoms with E-state index in [1.54, 1.807) is 18.2 Å². The fourth-order valence-corrected chi connectivity index (χ4v) is 2.26. The molecule has 1 saturated carbocycles. The number of nitrogens with two attached hydrogens (primary N) is 1. The number of hydrogen-bond acceptors (Lipinski definition) is 2. The topological polar surface area (TPSA) is 43.8 Å². The summed E-state index contributed by atoms with van der Waals surface area (Å²) in [4.78, 5) is 4.28. The van der Waals surface area contributed by atoms with Crippen molar-refractivity contribution >= 4 is 16.7 Å². The van der Waals surface area contributed by atoms with Gasteiger partial charge in [-0.1, -0.05) is 0 Å². The van der Waals surface area contributed by atoms with E-state index in [2.05, 4.69) is 4.98 Å². The van der Waals surface area contributed by atoms with E-state index in [0.717, 1.165) is 12.8 Å². The predicted octanol–water partition coefficient (Wildman–Crippen LogP) is 3.40. The van der Waals surface area contributed by atoms with Gasteiger partial charge in [-0.3, -0.25) is 0 Å². The van der Waals surface area contributed by atoms with Crippen molar-refractivity contribution in [2.24, 2.45) is 0 Å². The van der Waals surface area contributed by atoms with Crippen LogP contribution >= 0.6 is 0 Å². The van der Waals surface area contributed by atoms with Crippen molar-refractivity contribution in [3.8, 4) is 0 Å². The van der Waals surface area contributed by atoms with E-state index < -0.39 is 18.9 Å². The van der Waals surface area contributed by atoms with Gasteiger partial charge in [0.05, 0.1) is 17.6 Å². The number of alkyl halides is 4. The first-order valence-electron chi connectivity index (χ1n) is 6.30. The lowest BCUT2D eigenvalue weighted by Crippen LogP contribution is -2.32. The molecule has 1 aromatic carbocycles. The molecule has 1 aliphatic rings. The van der Waals surface area contributed by atoms with Gasteiger partial charge in [0.15, 0.2) is 0 Å². The molecule has 0 amide bonds. The van der Waals surface area contributed by atoms with Crippen LogP contribution in [0.2, 0.25) is 0 Å². The van der Waals surface area contributed by atoms with E-state index in [-0.39, 0.29) is 5.92 Å². The molecule has 1 fully saturated rings. The third-order valence-corrected chi connectivity index (χ3v) is 3.43. The van der Waals surface area contributed by atoms with Gasteiger partial charge in [-0.25, -0.2) is 13.8 Å². The summed E-state index contributed by atoms with van der Waals surface area (Å²) in [6.07, 6.45) is -2.00. The number of imidazole rings is 1. The molecule has 3 rings (SSSR count). The molecule has 0 saturated heterocycles. The number of anilines is 1. The zero-order chi connectivity index (χ0) is 14.5. The van der Waals surface area contributed by atoms with Gasteiger partial charge in [0.2, 0.25) is 0 Å². The van der Waals surface area contributed by atoms with Crippen molar-refractivity contribution in [3.63, 3.8) is 0 Å². The van der Waals surface area contributed by atoms with Crippen molar-refractivity contribution < 1.29 is 17.6 Å². The number of fused-ring (bicyclic) bond motifs is 1. The summed E-state index contributed by atoms with van der Waals surface area (Å²) in [7, 11) is 0. The van der Waals surface area contributed by atoms with Gasteiger partial charge in [0.25, 0.3) is 0 Å². The zero-order valence-electron chi connectivity index (χ0n) is 10.5. The lowest BCUT2D eigenvalue weighted by molar-refractivity contribution is -0.137. The molecule has 0 radical (unpaired) electrons. The van der Waals surface area contributed by atoms with Crippen LogP contribution in [0.25, 0.3) is 11.0 Å². The minimum Gasteiger partial charge on any atom is -0.399 e. The average molecular weight is 287 g/mol. The SMILES string of the molecule is Nc1ccc2c(c1)nc(C1CC1)n2CC(F)(F)C(F)F. The number of rotatable bonds is 4. The average Bonchev–Trinajstić information content (AvgIpc) is 3.14. The number of benzene rings is 1. The Labute approximate surface area is 112 Å². The van der Waals surface area contributed by atoms with Crippen LogP contribution in [0.1, 0.15) is 24.6 Å². The maximum Gasteiger partial charge on any atom is 0.324 e. The summed E-state index contributed by atoms with van der Waals surface area (Å²) >= 11 is 0. The number of nitrogen functional groups attached to an aromatic ring is 1. The molecule has 1 heterocycles. The number of aromatic nitrogens is 2. The zero-order valence-corrected chi connectivity index (χ0v) is 10.5. The minimum absolute atomic E-state index is 0.0806. The van der Waals surface area contributed by atoms with E-state index >= 15 is 0 Å². The molecule has 3 nitrogen and oxygen atoms in total. The van der Waals surface area contributed by atoms with E-state index in [0.29, 0.717) is 22.5 Å². The molecule has 0 unspecified atom stereocenters. The summed E-state index contributed by atoms with van der Waals surface area (Å²) < 4.78 is 52.7. The van der Waals surface area contributed by atoms with Crippen LogP contribution in [0.4, 0.5) is 23.2 Å². The van der Waals surface area contributed by atoms with Gasteiger partial charge >= 0.3 is 12.3 Å². The fourth-order valence-electron chi connectivity index (χ4n) is 2.26. The van der Waals surface area contributed by atoms with Gasteiger partial charge in [-0.2, -0.15) is 8.78 Å². The highest BCUT2D eigenvalue weighted by molar-refractivity contribution is 5.80. The quantitative estimate of drug-likeness (QED) is 0.692. The molecule has 20 heavy (non-hydrogen) atoms. The molecule has 1 aliphatic carbocycles. The molecule has 2 aromatic rings. The molecule has 0 spiro atoms. The molecular weight excluding hydrogens is 274 g/mol. The van der Waals surface area contributed by atoms with E-state index in [4.69, 9.17) is 5.73 Å². The summed E-state index contributed by atoms with van der Waals surface area (Å²) in [5.74, 6) is -3.54. The van der Waals surface area contributed by atoms with Crippen molar-refractivity contribution in [1.29, 1.82) is 0 Å². The predicted molar refractivity (Wildman–Crippen MR) is 67.1 cm³/mol. The Hall–Kier alpha value is -1.79. The van der Waals surface area contributed by atoms with Gasteiger partial charge in [-0.05, 0) is 31.0 Å². The Bertz CT molecular complexity index is 646. The van der Waals surface area contributed by atoms with E-state index in [1.807, 2.05) is 0 Å². The fraction of sp³-hybridized carbons (Fsp3) is 0.462. The van der Waals surface area contributed by atoms with Gasteiger partial charge in [0.1, 0.15) is 5.82 Å². The van der Waals surface area contributed by atoms with Gasteiger partial charge in [-0.15, -0.1) is 0 Å². The van der Waals surface area contributed by atoms with Gasteiger partial charge < -0.3 is 10.3 Å². The van der Waals surface area contributed by atoms with Crippen LogP contribution in [0, 0.1) is 0 Å². The van der Waals surface area contributed by atoms with Crippen LogP contribution in [0.3, 0.4) is 0 Å². The lowest BCUT2D eigenvalue weighted by atomic mass is 10.2. The second-order valence-corrected chi connectivity index (χ2v) is 5.14. The Kier molecular flexibility index (Phi) is 2.88. The number of nitrogens with zero attached hydrogens (tertiary/aromatic N) is 2. The van der Waals surface area contributed by atoms with Gasteiger partial charge in [0, 0.05) is 11.6 Å². The Balaban J connectivity index is 2.09.